The zero-order valence-electron chi connectivity index (χ0n) is 42.6. The van der Waals surface area contributed by atoms with E-state index in [0.717, 1.165) is 69.1 Å². The largest absolute Gasteiger partial charge is 0.478 e. The second-order valence-electron chi connectivity index (χ2n) is 22.6. The summed E-state index contributed by atoms with van der Waals surface area (Å²) in [6.45, 7) is 24.4. The molecule has 2 unspecified atom stereocenters. The van der Waals surface area contributed by atoms with Crippen LogP contribution < -0.4 is 9.80 Å². The molecule has 2 fully saturated rings. The van der Waals surface area contributed by atoms with Crippen LogP contribution >= 0.6 is 23.2 Å². The summed E-state index contributed by atoms with van der Waals surface area (Å²) in [7, 11) is 0. The van der Waals surface area contributed by atoms with Crippen LogP contribution in [0.1, 0.15) is 145 Å². The van der Waals surface area contributed by atoms with Crippen LogP contribution in [0.2, 0.25) is 10.0 Å². The second-order valence-corrected chi connectivity index (χ2v) is 23.4. The Kier molecular flexibility index (Phi) is 14.8. The number of esters is 1. The molecule has 2 saturated heterocycles. The Morgan fingerprint density at radius 2 is 1.01 bits per heavy atom. The molecule has 4 aliphatic heterocycles. The van der Waals surface area contributed by atoms with Crippen LogP contribution in [0.25, 0.3) is 0 Å². The highest BCUT2D eigenvalue weighted by molar-refractivity contribution is 6.31. The molecule has 2 amide bonds. The SMILES string of the molecule is CC(C)(C)CCc1ccc(C23COC(C)(C)C2=CN(c2ccc(C(=O)O)cc2)C(=O)C3)cc1Cl.CCOC(=O)c1ccc(N2C=C3C(C)(C)OCC3(c3ccc(CCC(C)(C)C)c(Cl)c3)CC2=O)cc1. The van der Waals surface area contributed by atoms with Gasteiger partial charge in [-0.2, -0.15) is 0 Å². The molecule has 4 aliphatic rings. The molecular weight excluding hydrogens is 924 g/mol. The first-order valence-electron chi connectivity index (χ1n) is 24.2. The number of ether oxygens (including phenoxy) is 3. The van der Waals surface area contributed by atoms with E-state index in [9.17, 15) is 24.3 Å². The zero-order valence-corrected chi connectivity index (χ0v) is 44.1. The third-order valence-corrected chi connectivity index (χ3v) is 14.9. The Hall–Kier alpha value is -5.26. The maximum atomic E-state index is 13.5. The van der Waals surface area contributed by atoms with E-state index < -0.39 is 28.0 Å². The van der Waals surface area contributed by atoms with Gasteiger partial charge in [0.05, 0.1) is 53.0 Å². The first kappa shape index (κ1) is 52.6. The Labute approximate surface area is 424 Å². The smallest absolute Gasteiger partial charge is 0.338 e. The number of carboxylic acids is 1. The summed E-state index contributed by atoms with van der Waals surface area (Å²) in [6.07, 6.45) is 8.21. The summed E-state index contributed by atoms with van der Waals surface area (Å²) in [5.41, 5.74) is 6.48. The number of anilines is 2. The fourth-order valence-electron chi connectivity index (χ4n) is 9.98. The molecule has 4 aromatic carbocycles. The lowest BCUT2D eigenvalue weighted by Crippen LogP contribution is -2.44. The van der Waals surface area contributed by atoms with Crippen molar-refractivity contribution in [2.45, 2.75) is 137 Å². The van der Waals surface area contributed by atoms with E-state index in [1.165, 1.54) is 12.1 Å². The quantitative estimate of drug-likeness (QED) is 0.147. The third kappa shape index (κ3) is 11.0. The third-order valence-electron chi connectivity index (χ3n) is 14.2. The Bertz CT molecular complexity index is 2730. The summed E-state index contributed by atoms with van der Waals surface area (Å²) in [5, 5.41) is 10.6. The Morgan fingerprint density at radius 1 is 0.629 bits per heavy atom. The van der Waals surface area contributed by atoms with Crippen molar-refractivity contribution in [3.63, 3.8) is 0 Å². The van der Waals surface area contributed by atoms with Gasteiger partial charge in [-0.3, -0.25) is 19.4 Å². The molecule has 4 aromatic rings. The number of halogens is 2. The second kappa shape index (κ2) is 19.7. The monoisotopic (exact) mass is 990 g/mol. The molecule has 10 nitrogen and oxygen atoms in total. The molecule has 8 rings (SSSR count). The highest BCUT2D eigenvalue weighted by Gasteiger charge is 2.56. The minimum absolute atomic E-state index is 0.0307. The number of hydrogen-bond acceptors (Lipinski definition) is 7. The zero-order chi connectivity index (χ0) is 51.2. The molecular formula is C58H68Cl2N2O8. The van der Waals surface area contributed by atoms with E-state index in [1.54, 1.807) is 53.1 Å². The molecule has 0 radical (unpaired) electrons. The number of rotatable bonds is 11. The number of benzene rings is 4. The number of nitrogens with zero attached hydrogens (tertiary/aromatic N) is 2. The summed E-state index contributed by atoms with van der Waals surface area (Å²) in [5.74, 6) is -1.47. The van der Waals surface area contributed by atoms with Gasteiger partial charge in [-0.05, 0) is 165 Å². The fraction of sp³-hybridized carbons (Fsp3) is 0.448. The number of amides is 2. The van der Waals surface area contributed by atoms with Crippen LogP contribution in [-0.2, 0) is 47.5 Å². The van der Waals surface area contributed by atoms with E-state index >= 15 is 0 Å². The summed E-state index contributed by atoms with van der Waals surface area (Å²) in [4.78, 5) is 53.4. The first-order valence-corrected chi connectivity index (χ1v) is 25.0. The molecule has 1 N–H and O–H groups in total. The highest BCUT2D eigenvalue weighted by Crippen LogP contribution is 2.54. The van der Waals surface area contributed by atoms with Gasteiger partial charge in [0.2, 0.25) is 11.8 Å². The summed E-state index contributed by atoms with van der Waals surface area (Å²) in [6, 6.07) is 25.7. The minimum Gasteiger partial charge on any atom is -0.478 e. The molecule has 70 heavy (non-hydrogen) atoms. The van der Waals surface area contributed by atoms with E-state index in [2.05, 4.69) is 65.8 Å². The maximum absolute atomic E-state index is 13.5. The van der Waals surface area contributed by atoms with Gasteiger partial charge in [0, 0.05) is 46.7 Å². The van der Waals surface area contributed by atoms with Gasteiger partial charge in [0.15, 0.2) is 0 Å². The van der Waals surface area contributed by atoms with Crippen molar-refractivity contribution in [1.82, 2.24) is 0 Å². The molecule has 372 valence electrons. The molecule has 0 aliphatic carbocycles. The van der Waals surface area contributed by atoms with Gasteiger partial charge in [0.25, 0.3) is 0 Å². The van der Waals surface area contributed by atoms with Crippen LogP contribution in [0.5, 0.6) is 0 Å². The predicted octanol–water partition coefficient (Wildman–Crippen LogP) is 13.2. The van der Waals surface area contributed by atoms with Crippen molar-refractivity contribution in [2.24, 2.45) is 10.8 Å². The van der Waals surface area contributed by atoms with Gasteiger partial charge < -0.3 is 19.3 Å². The van der Waals surface area contributed by atoms with Crippen molar-refractivity contribution in [1.29, 1.82) is 0 Å². The fourth-order valence-corrected chi connectivity index (χ4v) is 10.5. The van der Waals surface area contributed by atoms with Crippen LogP contribution in [0, 0.1) is 10.8 Å². The van der Waals surface area contributed by atoms with Crippen molar-refractivity contribution >= 4 is 58.3 Å². The standard InChI is InChI=1S/C30H36ClNO4.C28H32ClNO4/c1-7-35-27(34)21-9-12-23(13-10-21)32-18-25-29(5,6)36-19-30(25,17-26(32)33)22-11-8-20(24(31)16-22)14-15-28(2,3)4;1-26(2,3)13-12-18-6-9-20(14-22(18)29)28-15-24(31)30(16-23(28)27(4,5)34-17-28)21-10-7-19(8-11-21)25(32)33/h8-13,16,18H,7,14-15,17,19H2,1-6H3;6-11,14,16H,12-13,15,17H2,1-5H3,(H,32,33). The number of hydrogen-bond donors (Lipinski definition) is 1. The number of carbonyl (C=O) groups excluding carboxylic acids is 3. The van der Waals surface area contributed by atoms with Crippen molar-refractivity contribution in [3.05, 3.63) is 152 Å². The van der Waals surface area contributed by atoms with Crippen molar-refractivity contribution < 1.29 is 38.5 Å². The number of carbonyl (C=O) groups is 4. The predicted molar refractivity (Wildman–Crippen MR) is 278 cm³/mol. The lowest BCUT2D eigenvalue weighted by Gasteiger charge is -2.39. The van der Waals surface area contributed by atoms with Gasteiger partial charge in [-0.15, -0.1) is 0 Å². The maximum Gasteiger partial charge on any atom is 0.338 e. The lowest BCUT2D eigenvalue weighted by atomic mass is 9.68. The van der Waals surface area contributed by atoms with Crippen molar-refractivity contribution in [2.75, 3.05) is 29.6 Å². The Balaban J connectivity index is 0.000000207. The van der Waals surface area contributed by atoms with E-state index in [-0.39, 0.29) is 47.0 Å². The molecule has 0 spiro atoms. The Morgan fingerprint density at radius 3 is 1.36 bits per heavy atom. The van der Waals surface area contributed by atoms with Gasteiger partial charge >= 0.3 is 11.9 Å². The van der Waals surface area contributed by atoms with Gasteiger partial charge in [-0.1, -0.05) is 89.0 Å². The van der Waals surface area contributed by atoms with E-state index in [0.29, 0.717) is 36.8 Å². The highest BCUT2D eigenvalue weighted by atomic mass is 35.5. The van der Waals surface area contributed by atoms with E-state index in [1.807, 2.05) is 52.2 Å². The number of carboxylic acid groups (broad SMARTS) is 1. The molecule has 4 heterocycles. The molecule has 0 aromatic heterocycles. The number of aromatic carboxylic acids is 1. The summed E-state index contributed by atoms with van der Waals surface area (Å²) >= 11 is 13.5. The van der Waals surface area contributed by atoms with Crippen molar-refractivity contribution in [3.8, 4) is 0 Å². The van der Waals surface area contributed by atoms with Crippen LogP contribution in [0.15, 0.2) is 108 Å². The average molecular weight is 992 g/mol. The molecule has 0 saturated carbocycles. The summed E-state index contributed by atoms with van der Waals surface area (Å²) < 4.78 is 17.6. The normalized spacial score (nSPS) is 21.6. The topological polar surface area (TPSA) is 123 Å². The molecule has 12 heteroatoms. The van der Waals surface area contributed by atoms with Crippen LogP contribution in [0.4, 0.5) is 11.4 Å². The average Bonchev–Trinajstić information content (AvgIpc) is 3.72. The van der Waals surface area contributed by atoms with Gasteiger partial charge in [0.1, 0.15) is 0 Å². The molecule has 0 bridgehead atoms. The lowest BCUT2D eigenvalue weighted by molar-refractivity contribution is -0.120. The number of fused-ring (bicyclic) bond motifs is 2. The van der Waals surface area contributed by atoms with Crippen LogP contribution in [0.3, 0.4) is 0 Å². The molecule has 2 atom stereocenters. The van der Waals surface area contributed by atoms with Gasteiger partial charge in [-0.25, -0.2) is 9.59 Å². The van der Waals surface area contributed by atoms with E-state index in [4.69, 9.17) is 37.4 Å². The van der Waals surface area contributed by atoms with Crippen LogP contribution in [-0.4, -0.2) is 59.9 Å². The first-order chi connectivity index (χ1) is 32.7. The number of aryl methyl sites for hydroxylation is 2. The minimum atomic E-state index is -0.998.